The van der Waals surface area contributed by atoms with E-state index in [0.29, 0.717) is 22.6 Å². The third kappa shape index (κ3) is 3.15. The number of para-hydroxylation sites is 1. The molecular weight excluding hydrogens is 350 g/mol. The lowest BCUT2D eigenvalue weighted by Gasteiger charge is -2.18. The standard InChI is InChI=1S/C20H15NO6/c1-11-13-4-2-3-5-16(13)27-19(11)15(22)9-26-20(24)12-6-7-14-17(8-12)25-10-18(23)21-14/h2-8H,9-10H2,1H3,(H,21,23). The summed E-state index contributed by atoms with van der Waals surface area (Å²) in [5.74, 6) is -0.785. The summed E-state index contributed by atoms with van der Waals surface area (Å²) in [4.78, 5) is 35.9. The van der Waals surface area contributed by atoms with E-state index in [1.54, 1.807) is 19.1 Å². The van der Waals surface area contributed by atoms with E-state index in [1.165, 1.54) is 12.1 Å². The lowest BCUT2D eigenvalue weighted by molar-refractivity contribution is -0.118. The molecule has 7 heteroatoms. The van der Waals surface area contributed by atoms with Crippen molar-refractivity contribution in [1.29, 1.82) is 0 Å². The zero-order valence-corrected chi connectivity index (χ0v) is 14.4. The fourth-order valence-electron chi connectivity index (χ4n) is 2.92. The van der Waals surface area contributed by atoms with Crippen molar-refractivity contribution in [2.24, 2.45) is 0 Å². The first-order valence-electron chi connectivity index (χ1n) is 8.28. The zero-order valence-electron chi connectivity index (χ0n) is 14.4. The number of ether oxygens (including phenoxy) is 2. The molecule has 0 saturated carbocycles. The highest BCUT2D eigenvalue weighted by Gasteiger charge is 2.21. The summed E-state index contributed by atoms with van der Waals surface area (Å²) in [6.45, 7) is 1.24. The molecule has 0 unspecified atom stereocenters. The molecule has 2 aromatic carbocycles. The van der Waals surface area contributed by atoms with E-state index in [1.807, 2.05) is 18.2 Å². The molecule has 0 aliphatic carbocycles. The SMILES string of the molecule is Cc1c(C(=O)COC(=O)c2ccc3c(c2)OCC(=O)N3)oc2ccccc12. The molecule has 136 valence electrons. The van der Waals surface area contributed by atoms with E-state index < -0.39 is 18.4 Å². The fraction of sp³-hybridized carbons (Fsp3) is 0.150. The van der Waals surface area contributed by atoms with Crippen LogP contribution in [-0.4, -0.2) is 30.9 Å². The number of furan rings is 1. The topological polar surface area (TPSA) is 94.8 Å². The second kappa shape index (κ2) is 6.60. The van der Waals surface area contributed by atoms with E-state index >= 15 is 0 Å². The summed E-state index contributed by atoms with van der Waals surface area (Å²) in [7, 11) is 0. The number of aryl methyl sites for hydroxylation is 1. The highest BCUT2D eigenvalue weighted by atomic mass is 16.5. The maximum absolute atomic E-state index is 12.4. The average Bonchev–Trinajstić information content (AvgIpc) is 3.02. The molecule has 1 aliphatic rings. The van der Waals surface area contributed by atoms with Crippen LogP contribution in [0.25, 0.3) is 11.0 Å². The number of nitrogens with one attached hydrogen (secondary N) is 1. The number of carbonyl (C=O) groups excluding carboxylic acids is 3. The van der Waals surface area contributed by atoms with E-state index in [2.05, 4.69) is 5.32 Å². The quantitative estimate of drug-likeness (QED) is 0.564. The molecule has 0 fully saturated rings. The second-order valence-corrected chi connectivity index (χ2v) is 6.10. The summed E-state index contributed by atoms with van der Waals surface area (Å²) < 4.78 is 16.0. The van der Waals surface area contributed by atoms with Gasteiger partial charge in [0.1, 0.15) is 11.3 Å². The van der Waals surface area contributed by atoms with Crippen molar-refractivity contribution in [3.8, 4) is 5.75 Å². The minimum atomic E-state index is -0.666. The number of esters is 1. The number of rotatable bonds is 4. The molecule has 7 nitrogen and oxygen atoms in total. The number of anilines is 1. The Labute approximate surface area is 153 Å². The van der Waals surface area contributed by atoms with Gasteiger partial charge in [0.2, 0.25) is 5.78 Å². The first kappa shape index (κ1) is 16.8. The molecule has 1 N–H and O–H groups in total. The Morgan fingerprint density at radius 3 is 2.81 bits per heavy atom. The minimum absolute atomic E-state index is 0.116. The van der Waals surface area contributed by atoms with Crippen molar-refractivity contribution in [2.45, 2.75) is 6.92 Å². The predicted octanol–water partition coefficient (Wildman–Crippen LogP) is 3.11. The van der Waals surface area contributed by atoms with Crippen molar-refractivity contribution >= 4 is 34.3 Å². The van der Waals surface area contributed by atoms with E-state index in [9.17, 15) is 14.4 Å². The summed E-state index contributed by atoms with van der Waals surface area (Å²) in [6, 6.07) is 11.8. The van der Waals surface area contributed by atoms with Gasteiger partial charge in [0.15, 0.2) is 19.0 Å². The van der Waals surface area contributed by atoms with Gasteiger partial charge in [-0.15, -0.1) is 0 Å². The van der Waals surface area contributed by atoms with E-state index in [4.69, 9.17) is 13.9 Å². The van der Waals surface area contributed by atoms with Gasteiger partial charge in [0, 0.05) is 10.9 Å². The number of hydrogen-bond acceptors (Lipinski definition) is 6. The Kier molecular flexibility index (Phi) is 4.12. The lowest BCUT2D eigenvalue weighted by atomic mass is 10.1. The lowest BCUT2D eigenvalue weighted by Crippen LogP contribution is -2.25. The summed E-state index contributed by atoms with van der Waals surface area (Å²) in [6.07, 6.45) is 0. The molecule has 0 saturated heterocycles. The van der Waals surface area contributed by atoms with Crippen molar-refractivity contribution in [3.63, 3.8) is 0 Å². The van der Waals surface area contributed by atoms with Crippen LogP contribution in [-0.2, 0) is 9.53 Å². The molecule has 0 atom stereocenters. The van der Waals surface area contributed by atoms with Crippen LogP contribution >= 0.6 is 0 Å². The van der Waals surface area contributed by atoms with Crippen LogP contribution < -0.4 is 10.1 Å². The third-order valence-electron chi connectivity index (χ3n) is 4.28. The zero-order chi connectivity index (χ0) is 19.0. The van der Waals surface area contributed by atoms with Gasteiger partial charge >= 0.3 is 5.97 Å². The van der Waals surface area contributed by atoms with E-state index in [0.717, 1.165) is 5.39 Å². The number of amides is 1. The third-order valence-corrected chi connectivity index (χ3v) is 4.28. The van der Waals surface area contributed by atoms with Gasteiger partial charge in [-0.3, -0.25) is 9.59 Å². The van der Waals surface area contributed by atoms with Crippen LogP contribution in [0.2, 0.25) is 0 Å². The number of ketones is 1. The molecule has 4 rings (SSSR count). The Balaban J connectivity index is 1.46. The molecule has 1 aliphatic heterocycles. The second-order valence-electron chi connectivity index (χ2n) is 6.10. The fourth-order valence-corrected chi connectivity index (χ4v) is 2.92. The highest BCUT2D eigenvalue weighted by molar-refractivity contribution is 6.02. The van der Waals surface area contributed by atoms with Gasteiger partial charge < -0.3 is 19.2 Å². The monoisotopic (exact) mass is 365 g/mol. The van der Waals surface area contributed by atoms with Gasteiger partial charge in [-0.05, 0) is 31.2 Å². The summed E-state index contributed by atoms with van der Waals surface area (Å²) in [5.41, 5.74) is 2.03. The maximum atomic E-state index is 12.4. The molecule has 0 bridgehead atoms. The molecule has 2 heterocycles. The van der Waals surface area contributed by atoms with Crippen LogP contribution in [0.5, 0.6) is 5.75 Å². The first-order valence-corrected chi connectivity index (χ1v) is 8.28. The number of Topliss-reactive ketones (excluding diaryl/α,β-unsaturated/α-hetero) is 1. The summed E-state index contributed by atoms with van der Waals surface area (Å²) in [5, 5.41) is 3.48. The van der Waals surface area contributed by atoms with Crippen LogP contribution in [0.3, 0.4) is 0 Å². The Morgan fingerprint density at radius 1 is 1.19 bits per heavy atom. The molecule has 1 aromatic heterocycles. The predicted molar refractivity (Wildman–Crippen MR) is 96.1 cm³/mol. The number of fused-ring (bicyclic) bond motifs is 2. The average molecular weight is 365 g/mol. The molecule has 3 aromatic rings. The molecule has 1 amide bonds. The molecule has 0 radical (unpaired) electrons. The Morgan fingerprint density at radius 2 is 2.00 bits per heavy atom. The molecule has 27 heavy (non-hydrogen) atoms. The van der Waals surface area contributed by atoms with Gasteiger partial charge in [0.25, 0.3) is 5.91 Å². The molecular formula is C20H15NO6. The van der Waals surface area contributed by atoms with Crippen molar-refractivity contribution < 1.29 is 28.3 Å². The Bertz CT molecular complexity index is 1080. The van der Waals surface area contributed by atoms with Crippen LogP contribution in [0.4, 0.5) is 5.69 Å². The molecule has 0 spiro atoms. The van der Waals surface area contributed by atoms with Crippen LogP contribution in [0.15, 0.2) is 46.9 Å². The van der Waals surface area contributed by atoms with Crippen LogP contribution in [0, 0.1) is 6.92 Å². The van der Waals surface area contributed by atoms with Gasteiger partial charge in [-0.2, -0.15) is 0 Å². The normalized spacial score (nSPS) is 12.9. The minimum Gasteiger partial charge on any atom is -0.482 e. The van der Waals surface area contributed by atoms with E-state index in [-0.39, 0.29) is 23.8 Å². The largest absolute Gasteiger partial charge is 0.482 e. The maximum Gasteiger partial charge on any atom is 0.338 e. The smallest absolute Gasteiger partial charge is 0.338 e. The van der Waals surface area contributed by atoms with Gasteiger partial charge in [0.05, 0.1) is 11.3 Å². The Hall–Kier alpha value is -3.61. The van der Waals surface area contributed by atoms with Crippen molar-refractivity contribution in [1.82, 2.24) is 0 Å². The number of carbonyl (C=O) groups is 3. The van der Waals surface area contributed by atoms with Gasteiger partial charge in [-0.25, -0.2) is 4.79 Å². The number of hydrogen-bond donors (Lipinski definition) is 1. The van der Waals surface area contributed by atoms with Crippen molar-refractivity contribution in [3.05, 3.63) is 59.4 Å². The first-order chi connectivity index (χ1) is 13.0. The van der Waals surface area contributed by atoms with Crippen molar-refractivity contribution in [2.75, 3.05) is 18.5 Å². The summed E-state index contributed by atoms with van der Waals surface area (Å²) >= 11 is 0. The highest BCUT2D eigenvalue weighted by Crippen LogP contribution is 2.29. The van der Waals surface area contributed by atoms with Crippen LogP contribution in [0.1, 0.15) is 26.5 Å². The number of benzene rings is 2. The van der Waals surface area contributed by atoms with Gasteiger partial charge in [-0.1, -0.05) is 18.2 Å².